The molecule has 29 heavy (non-hydrogen) atoms. The lowest BCUT2D eigenvalue weighted by Crippen LogP contribution is -2.30. The van der Waals surface area contributed by atoms with E-state index in [-0.39, 0.29) is 18.0 Å². The minimum Gasteiger partial charge on any atom is -0.481 e. The molecule has 0 radical (unpaired) electrons. The van der Waals surface area contributed by atoms with E-state index in [4.69, 9.17) is 4.74 Å². The predicted octanol–water partition coefficient (Wildman–Crippen LogP) is 4.01. The van der Waals surface area contributed by atoms with Crippen LogP contribution < -0.4 is 15.4 Å². The topological polar surface area (TPSA) is 76.7 Å². The largest absolute Gasteiger partial charge is 0.481 e. The summed E-state index contributed by atoms with van der Waals surface area (Å²) < 4.78 is 10.9. The number of hydrogen-bond donors (Lipinski definition) is 2. The summed E-state index contributed by atoms with van der Waals surface area (Å²) in [4.78, 5) is 24.2. The molecule has 1 atom stereocenters. The molecule has 2 N–H and O–H groups in total. The molecule has 6 nitrogen and oxygen atoms in total. The Bertz CT molecular complexity index is 931. The average Bonchev–Trinajstić information content (AvgIpc) is 3.06. The van der Waals surface area contributed by atoms with Crippen molar-refractivity contribution in [2.45, 2.75) is 18.8 Å². The lowest BCUT2D eigenvalue weighted by molar-refractivity contribution is -0.142. The highest BCUT2D eigenvalue weighted by molar-refractivity contribution is 14.1. The Balaban J connectivity index is 1.64. The number of esters is 1. The fourth-order valence-corrected chi connectivity index (χ4v) is 4.30. The molecule has 3 rings (SSSR count). The quantitative estimate of drug-likeness (QED) is 0.324. The molecule has 1 saturated heterocycles. The predicted molar refractivity (Wildman–Crippen MR) is 124 cm³/mol. The van der Waals surface area contributed by atoms with Crippen molar-refractivity contribution < 1.29 is 19.1 Å². The highest BCUT2D eigenvalue weighted by Crippen LogP contribution is 2.31. The number of benzene rings is 2. The van der Waals surface area contributed by atoms with Gasteiger partial charge in [-0.25, -0.2) is 4.79 Å². The molecule has 0 unspecified atom stereocenters. The number of nitrogens with one attached hydrogen (secondary N) is 2. The first-order chi connectivity index (χ1) is 14.0. The number of methoxy groups -OCH3 is 1. The molecule has 0 bridgehead atoms. The van der Waals surface area contributed by atoms with Gasteiger partial charge in [0.1, 0.15) is 5.75 Å². The molecule has 1 fully saturated rings. The summed E-state index contributed by atoms with van der Waals surface area (Å²) in [6.07, 6.45) is 2.83. The molecule has 2 aromatic rings. The Hall–Kier alpha value is -2.20. The number of anilines is 1. The molecular weight excluding hydrogens is 503 g/mol. The first-order valence-electron chi connectivity index (χ1n) is 9.02. The van der Waals surface area contributed by atoms with E-state index < -0.39 is 5.97 Å². The number of hydrogen-bond acceptors (Lipinski definition) is 6. The van der Waals surface area contributed by atoms with Gasteiger partial charge in [-0.1, -0.05) is 36.9 Å². The lowest BCUT2D eigenvalue weighted by Gasteiger charge is -2.12. The van der Waals surface area contributed by atoms with Crippen LogP contribution in [0.3, 0.4) is 0 Å². The van der Waals surface area contributed by atoms with Gasteiger partial charge < -0.3 is 20.1 Å². The van der Waals surface area contributed by atoms with Gasteiger partial charge in [0.25, 0.3) is 5.91 Å². The number of carbonyl (C=O) groups excluding carboxylic acids is 2. The summed E-state index contributed by atoms with van der Waals surface area (Å²) in [7, 11) is 1.32. The minimum absolute atomic E-state index is 0.112. The second-order valence-corrected chi connectivity index (χ2v) is 8.54. The fourth-order valence-electron chi connectivity index (χ4n) is 2.62. The number of halogens is 1. The minimum atomic E-state index is -0.436. The molecular formula is C21H21IN2O4S. The molecule has 0 spiro atoms. The summed E-state index contributed by atoms with van der Waals surface area (Å²) in [5.74, 6) is 0.0457. The van der Waals surface area contributed by atoms with Gasteiger partial charge in [-0.3, -0.25) is 4.79 Å². The van der Waals surface area contributed by atoms with E-state index in [0.717, 1.165) is 21.2 Å². The van der Waals surface area contributed by atoms with E-state index in [9.17, 15) is 9.59 Å². The van der Waals surface area contributed by atoms with Gasteiger partial charge in [0.05, 0.1) is 15.6 Å². The van der Waals surface area contributed by atoms with E-state index in [0.29, 0.717) is 10.7 Å². The van der Waals surface area contributed by atoms with Crippen molar-refractivity contribution in [1.82, 2.24) is 5.32 Å². The third kappa shape index (κ3) is 5.89. The smallest absolute Gasteiger partial charge is 0.343 e. The zero-order valence-corrected chi connectivity index (χ0v) is 19.0. The SMILES string of the molecule is CCc1ccc(N[C@H]2NC(=O)/C(=C/c3ccc(OCC(=O)OC)c(I)c3)S2)cc1. The molecule has 8 heteroatoms. The number of rotatable bonds is 7. The first-order valence-corrected chi connectivity index (χ1v) is 11.0. The van der Waals surface area contributed by atoms with Crippen LogP contribution in [0.4, 0.5) is 5.69 Å². The summed E-state index contributed by atoms with van der Waals surface area (Å²) in [5, 5.41) is 6.25. The Morgan fingerprint density at radius 3 is 2.69 bits per heavy atom. The van der Waals surface area contributed by atoms with E-state index in [1.54, 1.807) is 6.07 Å². The van der Waals surface area contributed by atoms with E-state index in [1.807, 2.05) is 30.3 Å². The molecule has 152 valence electrons. The number of carbonyl (C=O) groups is 2. The molecule has 1 heterocycles. The molecule has 0 saturated carbocycles. The number of ether oxygens (including phenoxy) is 2. The van der Waals surface area contributed by atoms with Crippen LogP contribution in [0.1, 0.15) is 18.1 Å². The maximum Gasteiger partial charge on any atom is 0.343 e. The summed E-state index contributed by atoms with van der Waals surface area (Å²) in [5.41, 5.74) is 2.89. The molecule has 0 aromatic heterocycles. The van der Waals surface area contributed by atoms with Crippen LogP contribution in [0.2, 0.25) is 0 Å². The van der Waals surface area contributed by atoms with Crippen molar-refractivity contribution in [3.8, 4) is 5.75 Å². The molecule has 2 aromatic carbocycles. The lowest BCUT2D eigenvalue weighted by atomic mass is 10.1. The highest BCUT2D eigenvalue weighted by atomic mass is 127. The van der Waals surface area contributed by atoms with Crippen molar-refractivity contribution in [2.24, 2.45) is 0 Å². The van der Waals surface area contributed by atoms with Crippen molar-refractivity contribution >= 4 is 58.0 Å². The van der Waals surface area contributed by atoms with Gasteiger partial charge in [-0.05, 0) is 70.5 Å². The fraction of sp³-hybridized carbons (Fsp3) is 0.238. The van der Waals surface area contributed by atoms with Crippen LogP contribution >= 0.6 is 34.4 Å². The third-order valence-electron chi connectivity index (χ3n) is 4.22. The molecule has 1 amide bonds. The monoisotopic (exact) mass is 524 g/mol. The van der Waals surface area contributed by atoms with Crippen LogP contribution in [-0.2, 0) is 20.7 Å². The van der Waals surface area contributed by atoms with Crippen LogP contribution in [0.25, 0.3) is 6.08 Å². The number of thioether (sulfide) groups is 1. The van der Waals surface area contributed by atoms with Gasteiger partial charge in [0.2, 0.25) is 0 Å². The van der Waals surface area contributed by atoms with E-state index in [1.165, 1.54) is 24.4 Å². The number of aryl methyl sites for hydroxylation is 1. The Morgan fingerprint density at radius 1 is 1.28 bits per heavy atom. The van der Waals surface area contributed by atoms with Crippen LogP contribution in [0.5, 0.6) is 5.75 Å². The maximum absolute atomic E-state index is 12.3. The highest BCUT2D eigenvalue weighted by Gasteiger charge is 2.27. The van der Waals surface area contributed by atoms with Gasteiger partial charge in [0, 0.05) is 5.69 Å². The summed E-state index contributed by atoms with van der Waals surface area (Å²) >= 11 is 3.58. The van der Waals surface area contributed by atoms with Crippen molar-refractivity contribution in [3.05, 3.63) is 62.1 Å². The summed E-state index contributed by atoms with van der Waals surface area (Å²) in [6.45, 7) is 1.98. The standard InChI is InChI=1S/C21H21IN2O4S/c1-3-13-4-7-15(8-5-13)23-21-24-20(26)18(29-21)11-14-6-9-17(16(22)10-14)28-12-19(25)27-2/h4-11,21,23H,3,12H2,1-2H3,(H,24,26)/b18-11-/t21-/m0/s1. The Morgan fingerprint density at radius 2 is 2.03 bits per heavy atom. The second kappa shape index (κ2) is 10.0. The van der Waals surface area contributed by atoms with Gasteiger partial charge in [0.15, 0.2) is 12.1 Å². The van der Waals surface area contributed by atoms with Crippen LogP contribution in [0.15, 0.2) is 47.4 Å². The number of amides is 1. The van der Waals surface area contributed by atoms with Gasteiger partial charge in [-0.15, -0.1) is 0 Å². The van der Waals surface area contributed by atoms with Gasteiger partial charge in [-0.2, -0.15) is 0 Å². The molecule has 0 aliphatic carbocycles. The summed E-state index contributed by atoms with van der Waals surface area (Å²) in [6, 6.07) is 13.7. The molecule has 1 aliphatic rings. The normalized spacial score (nSPS) is 17.1. The average molecular weight is 524 g/mol. The van der Waals surface area contributed by atoms with E-state index in [2.05, 4.69) is 57.0 Å². The second-order valence-electron chi connectivity index (χ2n) is 6.23. The van der Waals surface area contributed by atoms with Crippen LogP contribution in [0, 0.1) is 3.57 Å². The van der Waals surface area contributed by atoms with E-state index >= 15 is 0 Å². The maximum atomic E-state index is 12.3. The zero-order chi connectivity index (χ0) is 20.8. The van der Waals surface area contributed by atoms with Crippen molar-refractivity contribution in [2.75, 3.05) is 19.0 Å². The van der Waals surface area contributed by atoms with Gasteiger partial charge >= 0.3 is 5.97 Å². The molecule has 1 aliphatic heterocycles. The Kier molecular flexibility index (Phi) is 7.43. The first kappa shape index (κ1) is 21.5. The van der Waals surface area contributed by atoms with Crippen LogP contribution in [-0.4, -0.2) is 31.1 Å². The third-order valence-corrected chi connectivity index (χ3v) is 6.09. The van der Waals surface area contributed by atoms with Crippen molar-refractivity contribution in [3.63, 3.8) is 0 Å². The van der Waals surface area contributed by atoms with Crippen molar-refractivity contribution in [1.29, 1.82) is 0 Å². The Labute approximate surface area is 187 Å². The zero-order valence-electron chi connectivity index (χ0n) is 16.0.